The van der Waals surface area contributed by atoms with Gasteiger partial charge in [0.25, 0.3) is 0 Å². The van der Waals surface area contributed by atoms with Gasteiger partial charge in [-0.3, -0.25) is 0 Å². The van der Waals surface area contributed by atoms with Gasteiger partial charge in [0, 0.05) is 44.6 Å². The molecule has 3 heterocycles. The fourth-order valence-electron chi connectivity index (χ4n) is 4.06. The van der Waals surface area contributed by atoms with Crippen LogP contribution in [0.3, 0.4) is 0 Å². The van der Waals surface area contributed by atoms with Crippen LogP contribution >= 0.6 is 0 Å². The molecule has 156 valence electrons. The summed E-state index contributed by atoms with van der Waals surface area (Å²) in [5.41, 5.74) is 2.97. The third-order valence-corrected chi connectivity index (χ3v) is 7.78. The lowest BCUT2D eigenvalue weighted by atomic mass is 10.2. The third-order valence-electron chi connectivity index (χ3n) is 5.88. The van der Waals surface area contributed by atoms with Crippen molar-refractivity contribution in [3.63, 3.8) is 0 Å². The molecule has 1 aromatic carbocycles. The first-order valence-electron chi connectivity index (χ1n) is 10.6. The van der Waals surface area contributed by atoms with E-state index in [1.165, 1.54) is 12.8 Å². The smallest absolute Gasteiger partial charge is 0.243 e. The minimum atomic E-state index is -3.42. The predicted molar refractivity (Wildman–Crippen MR) is 117 cm³/mol. The van der Waals surface area contributed by atoms with Crippen LogP contribution in [-0.2, 0) is 16.6 Å². The van der Waals surface area contributed by atoms with Gasteiger partial charge in [0.15, 0.2) is 0 Å². The van der Waals surface area contributed by atoms with E-state index in [1.807, 2.05) is 19.2 Å². The zero-order chi connectivity index (χ0) is 20.3. The molecule has 0 saturated carbocycles. The normalized spacial score (nSPS) is 18.2. The molecular formula is C22H30N4O2S. The lowest BCUT2D eigenvalue weighted by Crippen LogP contribution is -2.35. The Kier molecular flexibility index (Phi) is 6.06. The summed E-state index contributed by atoms with van der Waals surface area (Å²) in [6.45, 7) is 6.02. The molecule has 2 fully saturated rings. The Morgan fingerprint density at radius 1 is 0.966 bits per heavy atom. The second kappa shape index (κ2) is 8.71. The number of pyridine rings is 1. The number of benzene rings is 1. The first kappa shape index (κ1) is 20.2. The standard InChI is InChI=1S/C22H30N4O2S/c1-18-7-9-20(29(27,28)26-13-3-2-4-14-26)15-21(18)23-16-19-8-10-22(24-17-19)25-11-5-6-12-25/h7-10,15,17,23H,2-6,11-14,16H2,1H3. The Morgan fingerprint density at radius 3 is 2.38 bits per heavy atom. The van der Waals surface area contributed by atoms with Gasteiger partial charge in [-0.2, -0.15) is 4.31 Å². The second-order valence-electron chi connectivity index (χ2n) is 8.01. The van der Waals surface area contributed by atoms with Crippen molar-refractivity contribution in [2.75, 3.05) is 36.4 Å². The molecule has 0 aliphatic carbocycles. The molecule has 0 spiro atoms. The zero-order valence-electron chi connectivity index (χ0n) is 17.1. The van der Waals surface area contributed by atoms with Crippen LogP contribution in [0.5, 0.6) is 0 Å². The molecule has 0 bridgehead atoms. The first-order valence-corrected chi connectivity index (χ1v) is 12.0. The summed E-state index contributed by atoms with van der Waals surface area (Å²) in [6.07, 6.45) is 7.37. The van der Waals surface area contributed by atoms with Crippen LogP contribution < -0.4 is 10.2 Å². The van der Waals surface area contributed by atoms with Crippen LogP contribution in [0, 0.1) is 6.92 Å². The molecular weight excluding hydrogens is 384 g/mol. The molecule has 2 aliphatic rings. The molecule has 6 nitrogen and oxygen atoms in total. The largest absolute Gasteiger partial charge is 0.381 e. The van der Waals surface area contributed by atoms with Gasteiger partial charge in [-0.05, 0) is 61.9 Å². The van der Waals surface area contributed by atoms with Gasteiger partial charge in [-0.15, -0.1) is 0 Å². The van der Waals surface area contributed by atoms with E-state index >= 15 is 0 Å². The van der Waals surface area contributed by atoms with Crippen LogP contribution in [0.2, 0.25) is 0 Å². The molecule has 2 saturated heterocycles. The summed E-state index contributed by atoms with van der Waals surface area (Å²) in [5.74, 6) is 1.04. The van der Waals surface area contributed by atoms with Crippen molar-refractivity contribution in [3.05, 3.63) is 47.7 Å². The van der Waals surface area contributed by atoms with Crippen molar-refractivity contribution < 1.29 is 8.42 Å². The number of nitrogens with one attached hydrogen (secondary N) is 1. The minimum Gasteiger partial charge on any atom is -0.381 e. The Bertz CT molecular complexity index is 932. The first-order chi connectivity index (χ1) is 14.0. The summed E-state index contributed by atoms with van der Waals surface area (Å²) in [5, 5.41) is 3.40. The Hall–Kier alpha value is -2.12. The molecule has 1 N–H and O–H groups in total. The molecule has 2 aliphatic heterocycles. The van der Waals surface area contributed by atoms with Crippen LogP contribution in [0.15, 0.2) is 41.4 Å². The Balaban J connectivity index is 1.45. The van der Waals surface area contributed by atoms with Crippen molar-refractivity contribution in [2.24, 2.45) is 0 Å². The molecule has 0 radical (unpaired) electrons. The van der Waals surface area contributed by atoms with E-state index in [2.05, 4.69) is 27.3 Å². The van der Waals surface area contributed by atoms with Crippen molar-refractivity contribution in [1.29, 1.82) is 0 Å². The molecule has 0 amide bonds. The maximum Gasteiger partial charge on any atom is 0.243 e. The Labute approximate surface area is 174 Å². The highest BCUT2D eigenvalue weighted by atomic mass is 32.2. The monoisotopic (exact) mass is 414 g/mol. The zero-order valence-corrected chi connectivity index (χ0v) is 17.9. The van der Waals surface area contributed by atoms with Crippen LogP contribution in [-0.4, -0.2) is 43.9 Å². The molecule has 0 unspecified atom stereocenters. The number of anilines is 2. The number of aromatic nitrogens is 1. The van der Waals surface area contributed by atoms with Crippen molar-refractivity contribution in [2.45, 2.75) is 50.5 Å². The number of aryl methyl sites for hydroxylation is 1. The number of nitrogens with zero attached hydrogens (tertiary/aromatic N) is 3. The number of hydrogen-bond acceptors (Lipinski definition) is 5. The average molecular weight is 415 g/mol. The average Bonchev–Trinajstić information content (AvgIpc) is 3.29. The van der Waals surface area contributed by atoms with E-state index in [-0.39, 0.29) is 0 Å². The lowest BCUT2D eigenvalue weighted by Gasteiger charge is -2.26. The predicted octanol–water partition coefficient (Wildman–Crippen LogP) is 3.78. The summed E-state index contributed by atoms with van der Waals surface area (Å²) in [4.78, 5) is 7.28. The van der Waals surface area contributed by atoms with Gasteiger partial charge >= 0.3 is 0 Å². The van der Waals surface area contributed by atoms with E-state index in [4.69, 9.17) is 0 Å². The molecule has 7 heteroatoms. The van der Waals surface area contributed by atoms with Gasteiger partial charge in [0.1, 0.15) is 5.82 Å². The van der Waals surface area contributed by atoms with E-state index in [9.17, 15) is 8.42 Å². The molecule has 2 aromatic rings. The molecule has 4 rings (SSSR count). The highest BCUT2D eigenvalue weighted by Crippen LogP contribution is 2.26. The maximum absolute atomic E-state index is 13.0. The van der Waals surface area contributed by atoms with Crippen molar-refractivity contribution in [1.82, 2.24) is 9.29 Å². The highest BCUT2D eigenvalue weighted by Gasteiger charge is 2.26. The highest BCUT2D eigenvalue weighted by molar-refractivity contribution is 7.89. The minimum absolute atomic E-state index is 0.370. The number of hydrogen-bond donors (Lipinski definition) is 1. The van der Waals surface area contributed by atoms with E-state index < -0.39 is 10.0 Å². The SMILES string of the molecule is Cc1ccc(S(=O)(=O)N2CCCCC2)cc1NCc1ccc(N2CCCC2)nc1. The van der Waals surface area contributed by atoms with Gasteiger partial charge in [-0.25, -0.2) is 13.4 Å². The summed E-state index contributed by atoms with van der Waals surface area (Å²) in [6, 6.07) is 9.54. The molecule has 0 atom stereocenters. The summed E-state index contributed by atoms with van der Waals surface area (Å²) in [7, 11) is -3.42. The number of piperidine rings is 1. The van der Waals surface area contributed by atoms with Crippen LogP contribution in [0.25, 0.3) is 0 Å². The fourth-order valence-corrected chi connectivity index (χ4v) is 5.60. The van der Waals surface area contributed by atoms with Crippen molar-refractivity contribution in [3.8, 4) is 0 Å². The number of rotatable bonds is 6. The van der Waals surface area contributed by atoms with E-state index in [0.29, 0.717) is 24.5 Å². The van der Waals surface area contributed by atoms with Crippen molar-refractivity contribution >= 4 is 21.5 Å². The third kappa shape index (κ3) is 4.56. The van der Waals surface area contributed by atoms with E-state index in [1.54, 1.807) is 16.4 Å². The maximum atomic E-state index is 13.0. The lowest BCUT2D eigenvalue weighted by molar-refractivity contribution is 0.346. The van der Waals surface area contributed by atoms with Gasteiger partial charge in [0.05, 0.1) is 4.90 Å². The van der Waals surface area contributed by atoms with Gasteiger partial charge in [-0.1, -0.05) is 18.6 Å². The van der Waals surface area contributed by atoms with Gasteiger partial charge in [0.2, 0.25) is 10.0 Å². The second-order valence-corrected chi connectivity index (χ2v) is 9.95. The van der Waals surface area contributed by atoms with Crippen LogP contribution in [0.1, 0.15) is 43.2 Å². The van der Waals surface area contributed by atoms with Gasteiger partial charge < -0.3 is 10.2 Å². The number of sulfonamides is 1. The summed E-state index contributed by atoms with van der Waals surface area (Å²) >= 11 is 0. The quantitative estimate of drug-likeness (QED) is 0.779. The van der Waals surface area contributed by atoms with E-state index in [0.717, 1.165) is 55.0 Å². The molecule has 1 aromatic heterocycles. The Morgan fingerprint density at radius 2 is 1.69 bits per heavy atom. The summed E-state index contributed by atoms with van der Waals surface area (Å²) < 4.78 is 27.6. The molecule has 29 heavy (non-hydrogen) atoms. The topological polar surface area (TPSA) is 65.5 Å². The fraction of sp³-hybridized carbons (Fsp3) is 0.500. The van der Waals surface area contributed by atoms with Crippen LogP contribution in [0.4, 0.5) is 11.5 Å².